The zero-order chi connectivity index (χ0) is 17.1. The van der Waals surface area contributed by atoms with Crippen LogP contribution < -0.4 is 0 Å². The van der Waals surface area contributed by atoms with E-state index in [0.29, 0.717) is 12.2 Å². The predicted molar refractivity (Wildman–Crippen MR) is 92.1 cm³/mol. The van der Waals surface area contributed by atoms with Crippen LogP contribution in [0.5, 0.6) is 0 Å². The number of amides is 1. The lowest BCUT2D eigenvalue weighted by Crippen LogP contribution is -2.43. The minimum Gasteiger partial charge on any atom is -0.385 e. The molecule has 0 aliphatic heterocycles. The maximum atomic E-state index is 12.8. The number of aliphatic hydroxyl groups excluding tert-OH is 1. The first kappa shape index (κ1) is 17.5. The lowest BCUT2D eigenvalue weighted by molar-refractivity contribution is -0.135. The van der Waals surface area contributed by atoms with Crippen LogP contribution in [0, 0.1) is 0 Å². The molecule has 0 aliphatic carbocycles. The minimum absolute atomic E-state index is 0.0442. The van der Waals surface area contributed by atoms with Gasteiger partial charge in [-0.3, -0.25) is 4.79 Å². The third kappa shape index (κ3) is 3.55. The molecule has 1 amide bonds. The van der Waals surface area contributed by atoms with Crippen molar-refractivity contribution in [1.29, 1.82) is 0 Å². The average molecular weight is 317 g/mol. The maximum Gasteiger partial charge on any atom is 0.243 e. The Morgan fingerprint density at radius 3 is 2.39 bits per heavy atom. The number of aromatic nitrogens is 2. The molecule has 1 heterocycles. The van der Waals surface area contributed by atoms with Gasteiger partial charge in [-0.25, -0.2) is 4.98 Å². The highest BCUT2D eigenvalue weighted by Crippen LogP contribution is 2.23. The van der Waals surface area contributed by atoms with Crippen molar-refractivity contribution in [2.24, 2.45) is 0 Å². The quantitative estimate of drug-likeness (QED) is 0.890. The second kappa shape index (κ2) is 7.13. The van der Waals surface area contributed by atoms with Gasteiger partial charge in [-0.2, -0.15) is 0 Å². The predicted octanol–water partition coefficient (Wildman–Crippen LogP) is 3.13. The van der Waals surface area contributed by atoms with Crippen LogP contribution in [0.1, 0.15) is 53.0 Å². The Balaban J connectivity index is 2.43. The average Bonchev–Trinajstić information content (AvgIpc) is 2.84. The number of benzene rings is 1. The lowest BCUT2D eigenvalue weighted by Gasteiger charge is -2.31. The van der Waals surface area contributed by atoms with Crippen LogP contribution in [0.2, 0.25) is 0 Å². The van der Waals surface area contributed by atoms with Gasteiger partial charge in [-0.1, -0.05) is 19.1 Å². The summed E-state index contributed by atoms with van der Waals surface area (Å²) in [5, 5.41) is 10.3. The van der Waals surface area contributed by atoms with Gasteiger partial charge in [-0.15, -0.1) is 0 Å². The molecule has 0 saturated carbocycles. The molecular formula is C18H27N3O2. The van der Waals surface area contributed by atoms with E-state index in [4.69, 9.17) is 0 Å². The van der Waals surface area contributed by atoms with E-state index in [9.17, 15) is 9.90 Å². The standard InChI is InChI=1S/C18H27N3O2/c1-6-16(22)18-19-14-9-7-8-10-15(14)20(18)11-17(23)21(12(2)3)13(4)5/h7-10,12-13,16,22H,6,11H2,1-5H3/t16-/m1/s1. The fourth-order valence-electron chi connectivity index (χ4n) is 3.09. The van der Waals surface area contributed by atoms with Crippen molar-refractivity contribution >= 4 is 16.9 Å². The normalized spacial score (nSPS) is 13.0. The topological polar surface area (TPSA) is 58.4 Å². The number of rotatable bonds is 6. The van der Waals surface area contributed by atoms with Gasteiger partial charge in [0.15, 0.2) is 0 Å². The summed E-state index contributed by atoms with van der Waals surface area (Å²) in [5.74, 6) is 0.609. The molecule has 1 N–H and O–H groups in total. The van der Waals surface area contributed by atoms with Crippen LogP contribution in [0.3, 0.4) is 0 Å². The fourth-order valence-corrected chi connectivity index (χ4v) is 3.09. The van der Waals surface area contributed by atoms with Gasteiger partial charge in [0.2, 0.25) is 5.91 Å². The molecule has 2 rings (SSSR count). The van der Waals surface area contributed by atoms with Crippen molar-refractivity contribution in [3.05, 3.63) is 30.1 Å². The molecule has 0 radical (unpaired) electrons. The van der Waals surface area contributed by atoms with Gasteiger partial charge in [0.1, 0.15) is 18.5 Å². The first-order valence-electron chi connectivity index (χ1n) is 8.31. The van der Waals surface area contributed by atoms with Gasteiger partial charge in [0.05, 0.1) is 11.0 Å². The fraction of sp³-hybridized carbons (Fsp3) is 0.556. The van der Waals surface area contributed by atoms with Crippen molar-refractivity contribution in [2.75, 3.05) is 0 Å². The lowest BCUT2D eigenvalue weighted by atomic mass is 10.2. The summed E-state index contributed by atoms with van der Waals surface area (Å²) >= 11 is 0. The molecule has 5 nitrogen and oxygen atoms in total. The molecule has 2 aromatic rings. The number of carbonyl (C=O) groups is 1. The summed E-state index contributed by atoms with van der Waals surface area (Å²) < 4.78 is 1.85. The van der Waals surface area contributed by atoms with E-state index in [1.165, 1.54) is 0 Å². The summed E-state index contributed by atoms with van der Waals surface area (Å²) in [6.07, 6.45) is -0.1000. The van der Waals surface area contributed by atoms with Gasteiger partial charge in [0, 0.05) is 12.1 Å². The Morgan fingerprint density at radius 1 is 1.22 bits per heavy atom. The number of hydrogen-bond donors (Lipinski definition) is 1. The van der Waals surface area contributed by atoms with Crippen molar-refractivity contribution in [3.8, 4) is 0 Å². The molecular weight excluding hydrogens is 290 g/mol. The molecule has 23 heavy (non-hydrogen) atoms. The van der Waals surface area contributed by atoms with Crippen LogP contribution >= 0.6 is 0 Å². The first-order valence-corrected chi connectivity index (χ1v) is 8.31. The van der Waals surface area contributed by atoms with E-state index in [2.05, 4.69) is 4.98 Å². The monoisotopic (exact) mass is 317 g/mol. The van der Waals surface area contributed by atoms with Crippen LogP contribution in [-0.2, 0) is 11.3 Å². The zero-order valence-corrected chi connectivity index (χ0v) is 14.7. The third-order valence-corrected chi connectivity index (χ3v) is 4.06. The summed E-state index contributed by atoms with van der Waals surface area (Å²) in [6.45, 7) is 10.2. The second-order valence-corrected chi connectivity index (χ2v) is 6.46. The number of nitrogens with zero attached hydrogens (tertiary/aromatic N) is 3. The van der Waals surface area contributed by atoms with E-state index < -0.39 is 6.10 Å². The summed E-state index contributed by atoms with van der Waals surface area (Å²) in [4.78, 5) is 19.2. The van der Waals surface area contributed by atoms with Crippen molar-refractivity contribution < 1.29 is 9.90 Å². The molecule has 0 spiro atoms. The van der Waals surface area contributed by atoms with Gasteiger partial charge >= 0.3 is 0 Å². The molecule has 1 atom stereocenters. The zero-order valence-electron chi connectivity index (χ0n) is 14.7. The van der Waals surface area contributed by atoms with E-state index in [0.717, 1.165) is 11.0 Å². The van der Waals surface area contributed by atoms with Crippen LogP contribution in [0.15, 0.2) is 24.3 Å². The van der Waals surface area contributed by atoms with E-state index in [1.54, 1.807) is 0 Å². The molecule has 0 unspecified atom stereocenters. The molecule has 1 aromatic carbocycles. The number of fused-ring (bicyclic) bond motifs is 1. The largest absolute Gasteiger partial charge is 0.385 e. The van der Waals surface area contributed by atoms with Gasteiger partial charge in [0.25, 0.3) is 0 Å². The minimum atomic E-state index is -0.665. The smallest absolute Gasteiger partial charge is 0.243 e. The SMILES string of the molecule is CC[C@@H](O)c1nc2ccccc2n1CC(=O)N(C(C)C)C(C)C. The first-order chi connectivity index (χ1) is 10.9. The van der Waals surface area contributed by atoms with Crippen LogP contribution in [0.4, 0.5) is 0 Å². The van der Waals surface area contributed by atoms with E-state index >= 15 is 0 Å². The summed E-state index contributed by atoms with van der Waals surface area (Å²) in [5.41, 5.74) is 1.69. The number of imidazole rings is 1. The maximum absolute atomic E-state index is 12.8. The van der Waals surface area contributed by atoms with Crippen LogP contribution in [-0.4, -0.2) is 37.5 Å². The second-order valence-electron chi connectivity index (χ2n) is 6.46. The van der Waals surface area contributed by atoms with Gasteiger partial charge in [-0.05, 0) is 46.2 Å². The molecule has 0 fully saturated rings. The molecule has 0 saturated heterocycles. The Morgan fingerprint density at radius 2 is 1.83 bits per heavy atom. The molecule has 126 valence electrons. The van der Waals surface area contributed by atoms with E-state index in [1.807, 2.05) is 68.4 Å². The number of para-hydroxylation sites is 2. The number of aliphatic hydroxyl groups is 1. The Labute approximate surface area is 137 Å². The van der Waals surface area contributed by atoms with Crippen molar-refractivity contribution in [1.82, 2.24) is 14.5 Å². The molecule has 0 bridgehead atoms. The number of hydrogen-bond acceptors (Lipinski definition) is 3. The van der Waals surface area contributed by atoms with Gasteiger partial charge < -0.3 is 14.6 Å². The summed E-state index contributed by atoms with van der Waals surface area (Å²) in [6, 6.07) is 7.96. The van der Waals surface area contributed by atoms with E-state index in [-0.39, 0.29) is 24.5 Å². The highest BCUT2D eigenvalue weighted by molar-refractivity contribution is 5.81. The van der Waals surface area contributed by atoms with Crippen molar-refractivity contribution in [2.45, 2.75) is 65.8 Å². The Bertz CT molecular complexity index is 668. The Kier molecular flexibility index (Phi) is 5.42. The molecule has 0 aliphatic rings. The number of carbonyl (C=O) groups excluding carboxylic acids is 1. The highest BCUT2D eigenvalue weighted by Gasteiger charge is 2.24. The summed E-state index contributed by atoms with van der Waals surface area (Å²) in [7, 11) is 0. The molecule has 1 aromatic heterocycles. The Hall–Kier alpha value is -1.88. The molecule has 5 heteroatoms. The van der Waals surface area contributed by atoms with Crippen molar-refractivity contribution in [3.63, 3.8) is 0 Å². The van der Waals surface area contributed by atoms with Crippen LogP contribution in [0.25, 0.3) is 11.0 Å². The third-order valence-electron chi connectivity index (χ3n) is 4.06. The highest BCUT2D eigenvalue weighted by atomic mass is 16.3.